The van der Waals surface area contributed by atoms with Crippen molar-refractivity contribution in [1.29, 1.82) is 0 Å². The van der Waals surface area contributed by atoms with Crippen LogP contribution in [0.2, 0.25) is 0 Å². The molecule has 4 N–H and O–H groups in total. The van der Waals surface area contributed by atoms with E-state index in [1.807, 2.05) is 0 Å². The number of nitrogens with zero attached hydrogens (tertiary/aromatic N) is 1. The second kappa shape index (κ2) is 1.99. The van der Waals surface area contributed by atoms with Crippen molar-refractivity contribution in [2.24, 2.45) is 11.0 Å². The van der Waals surface area contributed by atoms with Crippen LogP contribution in [0.3, 0.4) is 0 Å². The van der Waals surface area contributed by atoms with E-state index in [1.54, 1.807) is 24.5 Å². The van der Waals surface area contributed by atoms with Gasteiger partial charge in [-0.05, 0) is 12.1 Å². The van der Waals surface area contributed by atoms with E-state index in [9.17, 15) is 4.57 Å². The number of hydrogen-bond acceptors (Lipinski definition) is 1. The molecule has 0 fully saturated rings. The molecule has 0 saturated carbocycles. The third-order valence-corrected chi connectivity index (χ3v) is 1.94. The van der Waals surface area contributed by atoms with Crippen LogP contribution in [0.15, 0.2) is 24.5 Å². The smallest absolute Gasteiger partial charge is 0.282 e. The maximum atomic E-state index is 10.8. The van der Waals surface area contributed by atoms with Crippen LogP contribution in [0.4, 0.5) is 0 Å². The molecule has 1 heterocycles. The van der Waals surface area contributed by atoms with Gasteiger partial charge in [-0.25, -0.2) is 0 Å². The van der Waals surface area contributed by atoms with Gasteiger partial charge >= 0.3 is 7.59 Å². The average molecular weight is 145 g/mol. The van der Waals surface area contributed by atoms with Crippen molar-refractivity contribution in [2.45, 2.75) is 0 Å². The Balaban J connectivity index is 3.04. The van der Waals surface area contributed by atoms with E-state index >= 15 is 0 Å². The van der Waals surface area contributed by atoms with Crippen molar-refractivity contribution in [2.75, 3.05) is 0 Å². The predicted octanol–water partition coefficient (Wildman–Crippen LogP) is 0.362. The van der Waals surface area contributed by atoms with Crippen LogP contribution in [0.1, 0.15) is 0 Å². The zero-order valence-corrected chi connectivity index (χ0v) is 5.66. The Morgan fingerprint density at radius 3 is 1.89 bits per heavy atom. The van der Waals surface area contributed by atoms with E-state index < -0.39 is 7.59 Å². The zero-order valence-electron chi connectivity index (χ0n) is 4.77. The molecule has 9 heavy (non-hydrogen) atoms. The number of aromatic nitrogens is 1. The monoisotopic (exact) mass is 145 g/mol. The molecule has 0 amide bonds. The van der Waals surface area contributed by atoms with E-state index in [4.69, 9.17) is 11.0 Å². The average Bonchev–Trinajstić information content (AvgIpc) is 2.08. The van der Waals surface area contributed by atoms with Crippen LogP contribution in [0.25, 0.3) is 0 Å². The Labute approximate surface area is 53.0 Å². The highest BCUT2D eigenvalue weighted by atomic mass is 31.2. The minimum absolute atomic E-state index is 1.30. The molecule has 1 aromatic rings. The fraction of sp³-hybridized carbons (Fsp3) is 0. The number of hydrogen-bond donors (Lipinski definition) is 2. The Morgan fingerprint density at radius 1 is 1.22 bits per heavy atom. The first-order valence-corrected chi connectivity index (χ1v) is 4.21. The first kappa shape index (κ1) is 6.55. The topological polar surface area (TPSA) is 74.0 Å². The molecule has 0 saturated heterocycles. The molecule has 1 aromatic heterocycles. The molecular weight excluding hydrogens is 137 g/mol. The quantitative estimate of drug-likeness (QED) is 0.560. The van der Waals surface area contributed by atoms with Gasteiger partial charge < -0.3 is 0 Å². The molecule has 0 unspecified atom stereocenters. The van der Waals surface area contributed by atoms with Gasteiger partial charge in [-0.15, -0.1) is 0 Å². The van der Waals surface area contributed by atoms with Gasteiger partial charge in [-0.3, -0.25) is 19.9 Å². The summed E-state index contributed by atoms with van der Waals surface area (Å²) in [6, 6.07) is 3.43. The first-order valence-electron chi connectivity index (χ1n) is 2.42. The fourth-order valence-corrected chi connectivity index (χ4v) is 1.10. The highest BCUT2D eigenvalue weighted by Crippen LogP contribution is 2.26. The molecule has 4 nitrogen and oxygen atoms in total. The van der Waals surface area contributed by atoms with E-state index in [1.165, 1.54) is 4.34 Å². The Morgan fingerprint density at radius 2 is 1.67 bits per heavy atom. The molecule has 0 radical (unpaired) electrons. The lowest BCUT2D eigenvalue weighted by atomic mass is 10.7. The minimum Gasteiger partial charge on any atom is -0.282 e. The van der Waals surface area contributed by atoms with E-state index in [0.717, 1.165) is 0 Å². The maximum Gasteiger partial charge on any atom is 0.304 e. The van der Waals surface area contributed by atoms with Gasteiger partial charge in [0.1, 0.15) is 0 Å². The molecule has 5 heteroatoms. The van der Waals surface area contributed by atoms with Crippen molar-refractivity contribution < 1.29 is 4.57 Å². The fourth-order valence-electron chi connectivity index (χ4n) is 0.534. The predicted molar refractivity (Wildman–Crippen MR) is 35.8 cm³/mol. The second-order valence-corrected chi connectivity index (χ2v) is 3.54. The molecule has 0 aromatic carbocycles. The molecule has 0 aliphatic heterocycles. The molecule has 0 atom stereocenters. The van der Waals surface area contributed by atoms with Crippen LogP contribution in [-0.4, -0.2) is 4.34 Å². The highest BCUT2D eigenvalue weighted by molar-refractivity contribution is 7.57. The first-order chi connectivity index (χ1) is 4.11. The highest BCUT2D eigenvalue weighted by Gasteiger charge is 2.07. The van der Waals surface area contributed by atoms with Crippen LogP contribution in [-0.2, 0) is 4.57 Å². The third-order valence-electron chi connectivity index (χ3n) is 0.950. The summed E-state index contributed by atoms with van der Waals surface area (Å²) in [6.45, 7) is 0. The van der Waals surface area contributed by atoms with Crippen molar-refractivity contribution in [3.63, 3.8) is 0 Å². The SMILES string of the molecule is NP(N)(=O)n1cccc1. The molecule has 50 valence electrons. The van der Waals surface area contributed by atoms with Crippen LogP contribution >= 0.6 is 7.59 Å². The summed E-state index contributed by atoms with van der Waals surface area (Å²) in [4.78, 5) is 0. The molecular formula is C4H8N3OP. The zero-order chi connectivity index (χ0) is 6.91. The van der Waals surface area contributed by atoms with E-state index in [0.29, 0.717) is 0 Å². The van der Waals surface area contributed by atoms with Crippen molar-refractivity contribution in [3.05, 3.63) is 24.5 Å². The van der Waals surface area contributed by atoms with Gasteiger partial charge in [-0.1, -0.05) is 0 Å². The Bertz CT molecular complexity index is 224. The van der Waals surface area contributed by atoms with Gasteiger partial charge in [0.2, 0.25) is 0 Å². The summed E-state index contributed by atoms with van der Waals surface area (Å²) >= 11 is 0. The molecule has 1 rings (SSSR count). The van der Waals surface area contributed by atoms with Crippen molar-refractivity contribution in [3.8, 4) is 0 Å². The number of rotatable bonds is 1. The van der Waals surface area contributed by atoms with Crippen molar-refractivity contribution >= 4 is 7.59 Å². The summed E-state index contributed by atoms with van der Waals surface area (Å²) in [5.41, 5.74) is 10.2. The largest absolute Gasteiger partial charge is 0.304 e. The van der Waals surface area contributed by atoms with Gasteiger partial charge in [0, 0.05) is 12.4 Å². The third kappa shape index (κ3) is 1.42. The minimum atomic E-state index is -3.05. The van der Waals surface area contributed by atoms with Gasteiger partial charge in [0.05, 0.1) is 0 Å². The summed E-state index contributed by atoms with van der Waals surface area (Å²) in [5.74, 6) is 0. The normalized spacial score (nSPS) is 11.8. The summed E-state index contributed by atoms with van der Waals surface area (Å²) in [6.07, 6.45) is 3.14. The lowest BCUT2D eigenvalue weighted by molar-refractivity contribution is 0.570. The maximum absolute atomic E-state index is 10.8. The van der Waals surface area contributed by atoms with Crippen molar-refractivity contribution in [1.82, 2.24) is 4.34 Å². The standard InChI is InChI=1S/C4H8N3OP/c5-9(6,8)7-3-1-2-4-7/h1-4H,(H4,5,6,8). The Kier molecular flexibility index (Phi) is 1.45. The lowest BCUT2D eigenvalue weighted by Gasteiger charge is -2.05. The summed E-state index contributed by atoms with van der Waals surface area (Å²) in [5, 5.41) is 0. The van der Waals surface area contributed by atoms with Gasteiger partial charge in [0.15, 0.2) is 0 Å². The molecule has 0 spiro atoms. The molecule has 0 aliphatic rings. The van der Waals surface area contributed by atoms with E-state index in [2.05, 4.69) is 0 Å². The molecule has 0 aliphatic carbocycles. The molecule has 0 bridgehead atoms. The second-order valence-electron chi connectivity index (χ2n) is 1.74. The lowest BCUT2D eigenvalue weighted by Crippen LogP contribution is -2.11. The Hall–Kier alpha value is -0.570. The van der Waals surface area contributed by atoms with Crippen LogP contribution < -0.4 is 11.0 Å². The van der Waals surface area contributed by atoms with Gasteiger partial charge in [0.25, 0.3) is 0 Å². The summed E-state index contributed by atoms with van der Waals surface area (Å²) < 4.78 is 12.1. The van der Waals surface area contributed by atoms with Crippen LogP contribution in [0.5, 0.6) is 0 Å². The van der Waals surface area contributed by atoms with Crippen LogP contribution in [0, 0.1) is 0 Å². The van der Waals surface area contributed by atoms with E-state index in [-0.39, 0.29) is 0 Å². The summed E-state index contributed by atoms with van der Waals surface area (Å²) in [7, 11) is -3.05. The number of nitrogens with two attached hydrogens (primary N) is 2. The van der Waals surface area contributed by atoms with Gasteiger partial charge in [-0.2, -0.15) is 0 Å².